The maximum absolute atomic E-state index is 12.6. The molecule has 1 aromatic rings. The number of carbonyl (C=O) groups is 3. The molecular weight excluding hydrogens is 328 g/mol. The fraction of sp³-hybridized carbons (Fsp3) is 0.500. The van der Waals surface area contributed by atoms with Crippen LogP contribution in [-0.4, -0.2) is 51.6 Å². The zero-order valence-corrected chi connectivity index (χ0v) is 14.2. The van der Waals surface area contributed by atoms with Crippen molar-refractivity contribution in [2.45, 2.75) is 44.4 Å². The first-order valence-corrected chi connectivity index (χ1v) is 7.86. The van der Waals surface area contributed by atoms with Gasteiger partial charge in [-0.2, -0.15) is 0 Å². The number of pyridine rings is 1. The van der Waals surface area contributed by atoms with Gasteiger partial charge in [0.05, 0.1) is 6.54 Å². The first-order chi connectivity index (χ1) is 11.6. The van der Waals surface area contributed by atoms with Crippen LogP contribution in [-0.2, 0) is 14.3 Å². The van der Waals surface area contributed by atoms with E-state index in [9.17, 15) is 14.4 Å². The zero-order valence-electron chi connectivity index (χ0n) is 14.2. The van der Waals surface area contributed by atoms with Gasteiger partial charge >= 0.3 is 6.09 Å². The van der Waals surface area contributed by atoms with E-state index in [4.69, 9.17) is 15.2 Å². The molecule has 0 aromatic carbocycles. The van der Waals surface area contributed by atoms with Crippen LogP contribution in [0, 0.1) is 0 Å². The number of anilines is 1. The van der Waals surface area contributed by atoms with Crippen LogP contribution in [0.3, 0.4) is 0 Å². The minimum absolute atomic E-state index is 0.0538. The molecule has 9 nitrogen and oxygen atoms in total. The van der Waals surface area contributed by atoms with Crippen molar-refractivity contribution in [3.63, 3.8) is 0 Å². The number of ether oxygens (including phenoxy) is 2. The topological polar surface area (TPSA) is 124 Å². The number of hydrogen-bond acceptors (Lipinski definition) is 6. The molecule has 3 N–H and O–H groups in total. The molecule has 134 valence electrons. The average molecular weight is 348 g/mol. The Morgan fingerprint density at radius 1 is 1.48 bits per heavy atom. The number of likely N-dealkylation sites (tertiary alicyclic amines) is 1. The third-order valence-corrected chi connectivity index (χ3v) is 4.00. The monoisotopic (exact) mass is 348 g/mol. The Labute approximate surface area is 144 Å². The van der Waals surface area contributed by atoms with Crippen molar-refractivity contribution in [1.29, 1.82) is 0 Å². The van der Waals surface area contributed by atoms with Gasteiger partial charge in [0.15, 0.2) is 11.6 Å². The minimum atomic E-state index is -1.41. The second kappa shape index (κ2) is 5.61. The van der Waals surface area contributed by atoms with Crippen molar-refractivity contribution in [2.75, 3.05) is 11.9 Å². The number of nitrogens with one attached hydrogen (secondary N) is 1. The second-order valence-corrected chi connectivity index (χ2v) is 7.13. The van der Waals surface area contributed by atoms with Crippen molar-refractivity contribution in [1.82, 2.24) is 9.88 Å². The molecule has 3 amide bonds. The molecule has 25 heavy (non-hydrogen) atoms. The highest BCUT2D eigenvalue weighted by molar-refractivity contribution is 6.02. The maximum atomic E-state index is 12.6. The summed E-state index contributed by atoms with van der Waals surface area (Å²) < 4.78 is 11.2. The van der Waals surface area contributed by atoms with Gasteiger partial charge in [0.25, 0.3) is 5.91 Å². The Balaban J connectivity index is 1.91. The predicted octanol–water partition coefficient (Wildman–Crippen LogP) is 0.646. The highest BCUT2D eigenvalue weighted by atomic mass is 16.6. The summed E-state index contributed by atoms with van der Waals surface area (Å²) in [5.41, 5.74) is 3.27. The fourth-order valence-corrected chi connectivity index (χ4v) is 2.92. The van der Waals surface area contributed by atoms with Crippen LogP contribution >= 0.6 is 0 Å². The first kappa shape index (κ1) is 17.0. The van der Waals surface area contributed by atoms with E-state index in [2.05, 4.69) is 10.3 Å². The SMILES string of the molecule is CC(C)(C)OC(=O)N1C[C@@]2(C[C@H]1C(N)=O)Oc1cccnc1NC2=O. The van der Waals surface area contributed by atoms with E-state index in [1.807, 2.05) is 0 Å². The van der Waals surface area contributed by atoms with Gasteiger partial charge in [0.2, 0.25) is 11.5 Å². The summed E-state index contributed by atoms with van der Waals surface area (Å²) in [4.78, 5) is 42.1. The summed E-state index contributed by atoms with van der Waals surface area (Å²) in [6.45, 7) is 4.99. The highest BCUT2D eigenvalue weighted by Crippen LogP contribution is 2.39. The molecule has 9 heteroatoms. The van der Waals surface area contributed by atoms with Crippen molar-refractivity contribution in [3.8, 4) is 5.75 Å². The van der Waals surface area contributed by atoms with Gasteiger partial charge in [-0.1, -0.05) is 0 Å². The molecule has 1 spiro atoms. The minimum Gasteiger partial charge on any atom is -0.472 e. The van der Waals surface area contributed by atoms with Crippen LogP contribution in [0.4, 0.5) is 10.6 Å². The quantitative estimate of drug-likeness (QED) is 0.768. The van der Waals surface area contributed by atoms with Crippen LogP contribution in [0.5, 0.6) is 5.75 Å². The normalized spacial score (nSPS) is 25.2. The summed E-state index contributed by atoms with van der Waals surface area (Å²) in [5, 5.41) is 2.65. The van der Waals surface area contributed by atoms with Gasteiger partial charge in [-0.3, -0.25) is 14.5 Å². The number of aromatic nitrogens is 1. The van der Waals surface area contributed by atoms with Gasteiger partial charge in [-0.05, 0) is 32.9 Å². The van der Waals surface area contributed by atoms with E-state index < -0.39 is 35.2 Å². The molecule has 0 bridgehead atoms. The lowest BCUT2D eigenvalue weighted by molar-refractivity contribution is -0.131. The fourth-order valence-electron chi connectivity index (χ4n) is 2.92. The van der Waals surface area contributed by atoms with E-state index >= 15 is 0 Å². The number of primary amides is 1. The van der Waals surface area contributed by atoms with Crippen LogP contribution < -0.4 is 15.8 Å². The molecule has 0 radical (unpaired) electrons. The molecule has 3 rings (SSSR count). The lowest BCUT2D eigenvalue weighted by atomic mass is 9.97. The van der Waals surface area contributed by atoms with E-state index in [0.29, 0.717) is 11.6 Å². The number of hydrogen-bond donors (Lipinski definition) is 2. The van der Waals surface area contributed by atoms with Crippen molar-refractivity contribution >= 4 is 23.7 Å². The molecule has 1 aromatic heterocycles. The molecule has 0 unspecified atom stereocenters. The third-order valence-electron chi connectivity index (χ3n) is 4.00. The number of amides is 3. The summed E-state index contributed by atoms with van der Waals surface area (Å²) in [6, 6.07) is 2.31. The molecule has 2 aliphatic heterocycles. The smallest absolute Gasteiger partial charge is 0.411 e. The van der Waals surface area contributed by atoms with E-state index in [-0.39, 0.29) is 13.0 Å². The van der Waals surface area contributed by atoms with Gasteiger partial charge in [0.1, 0.15) is 11.6 Å². The van der Waals surface area contributed by atoms with Crippen LogP contribution in [0.25, 0.3) is 0 Å². The van der Waals surface area contributed by atoms with E-state index in [1.165, 1.54) is 6.20 Å². The van der Waals surface area contributed by atoms with Crippen LogP contribution in [0.1, 0.15) is 27.2 Å². The average Bonchev–Trinajstić information content (AvgIpc) is 2.88. The predicted molar refractivity (Wildman–Crippen MR) is 86.8 cm³/mol. The van der Waals surface area contributed by atoms with Crippen LogP contribution in [0.2, 0.25) is 0 Å². The summed E-state index contributed by atoms with van der Waals surface area (Å²) in [7, 11) is 0. The number of nitrogens with zero attached hydrogens (tertiary/aromatic N) is 2. The zero-order chi connectivity index (χ0) is 18.4. The summed E-state index contributed by atoms with van der Waals surface area (Å²) >= 11 is 0. The van der Waals surface area contributed by atoms with Gasteiger partial charge in [-0.15, -0.1) is 0 Å². The van der Waals surface area contributed by atoms with E-state index in [1.54, 1.807) is 32.9 Å². The van der Waals surface area contributed by atoms with Gasteiger partial charge in [0, 0.05) is 12.6 Å². The molecule has 0 saturated carbocycles. The standard InChI is InChI=1S/C16H20N4O5/c1-15(2,3)25-14(23)20-8-16(7-9(20)11(17)21)13(22)19-12-10(24-16)5-4-6-18-12/h4-6,9H,7-8H2,1-3H3,(H2,17,21)(H,18,19,22)/t9-,16+/m0/s1. The van der Waals surface area contributed by atoms with Gasteiger partial charge < -0.3 is 20.5 Å². The largest absolute Gasteiger partial charge is 0.472 e. The highest BCUT2D eigenvalue weighted by Gasteiger charge is 2.57. The summed E-state index contributed by atoms with van der Waals surface area (Å²) in [6.07, 6.45) is 0.748. The lowest BCUT2D eigenvalue weighted by Gasteiger charge is -2.33. The Morgan fingerprint density at radius 3 is 2.84 bits per heavy atom. The number of nitrogens with two attached hydrogens (primary N) is 1. The molecule has 1 saturated heterocycles. The first-order valence-electron chi connectivity index (χ1n) is 7.86. The Morgan fingerprint density at radius 2 is 2.20 bits per heavy atom. The van der Waals surface area contributed by atoms with Crippen molar-refractivity contribution in [2.24, 2.45) is 5.73 Å². The molecular formula is C16H20N4O5. The maximum Gasteiger partial charge on any atom is 0.411 e. The number of rotatable bonds is 1. The molecule has 2 aliphatic rings. The Kier molecular flexibility index (Phi) is 3.81. The lowest BCUT2D eigenvalue weighted by Crippen LogP contribution is -2.53. The van der Waals surface area contributed by atoms with Crippen LogP contribution in [0.15, 0.2) is 18.3 Å². The van der Waals surface area contributed by atoms with Gasteiger partial charge in [-0.25, -0.2) is 9.78 Å². The van der Waals surface area contributed by atoms with Crippen molar-refractivity contribution < 1.29 is 23.9 Å². The Bertz CT molecular complexity index is 744. The Hall–Kier alpha value is -2.84. The number of carbonyl (C=O) groups excluding carboxylic acids is 3. The summed E-state index contributed by atoms with van der Waals surface area (Å²) in [5.74, 6) is -0.534. The third kappa shape index (κ3) is 3.09. The van der Waals surface area contributed by atoms with Crippen molar-refractivity contribution in [3.05, 3.63) is 18.3 Å². The molecule has 0 aliphatic carbocycles. The second-order valence-electron chi connectivity index (χ2n) is 7.13. The molecule has 3 heterocycles. The molecule has 1 fully saturated rings. The van der Waals surface area contributed by atoms with E-state index in [0.717, 1.165) is 4.90 Å². The number of fused-ring (bicyclic) bond motifs is 1. The molecule has 2 atom stereocenters.